The summed E-state index contributed by atoms with van der Waals surface area (Å²) in [6, 6.07) is 3.89. The molecule has 0 aliphatic carbocycles. The molecule has 94 valence electrons. The van der Waals surface area contributed by atoms with Crippen LogP contribution in [0.1, 0.15) is 22.8 Å². The summed E-state index contributed by atoms with van der Waals surface area (Å²) in [6.45, 7) is 1.85. The molecule has 0 fully saturated rings. The van der Waals surface area contributed by atoms with Crippen LogP contribution in [0.5, 0.6) is 0 Å². The molecule has 0 bridgehead atoms. The van der Waals surface area contributed by atoms with Crippen molar-refractivity contribution in [3.63, 3.8) is 0 Å². The van der Waals surface area contributed by atoms with Gasteiger partial charge in [0.2, 0.25) is 0 Å². The second-order valence-corrected chi connectivity index (χ2v) is 5.11. The molecular formula is C13H14BrN3O. The number of aryl methyl sites for hydroxylation is 2. The van der Waals surface area contributed by atoms with Crippen LogP contribution in [0.3, 0.4) is 0 Å². The maximum atomic E-state index is 5.32. The molecule has 3 heterocycles. The summed E-state index contributed by atoms with van der Waals surface area (Å²) in [7, 11) is 0. The van der Waals surface area contributed by atoms with Crippen molar-refractivity contribution < 1.29 is 4.42 Å². The van der Waals surface area contributed by atoms with Crippen LogP contribution in [0.2, 0.25) is 0 Å². The number of fused-ring (bicyclic) bond motifs is 1. The lowest BCUT2D eigenvalue weighted by atomic mass is 10.1. The van der Waals surface area contributed by atoms with Crippen molar-refractivity contribution in [2.24, 2.45) is 0 Å². The van der Waals surface area contributed by atoms with Gasteiger partial charge in [0.05, 0.1) is 12.0 Å². The molecular weight excluding hydrogens is 294 g/mol. The van der Waals surface area contributed by atoms with Crippen molar-refractivity contribution in [3.8, 4) is 0 Å². The SMILES string of the molecule is Brc1nc(CCc2ccco2)nc2c1CNCC2. The highest BCUT2D eigenvalue weighted by Gasteiger charge is 2.15. The van der Waals surface area contributed by atoms with Gasteiger partial charge in [-0.3, -0.25) is 0 Å². The van der Waals surface area contributed by atoms with Gasteiger partial charge < -0.3 is 9.73 Å². The van der Waals surface area contributed by atoms with Crippen molar-refractivity contribution in [3.05, 3.63) is 45.8 Å². The number of halogens is 1. The molecule has 3 rings (SSSR count). The molecule has 0 atom stereocenters. The summed E-state index contributed by atoms with van der Waals surface area (Å²) in [5.41, 5.74) is 2.37. The molecule has 4 nitrogen and oxygen atoms in total. The van der Waals surface area contributed by atoms with E-state index in [1.165, 1.54) is 11.3 Å². The minimum Gasteiger partial charge on any atom is -0.469 e. The zero-order valence-corrected chi connectivity index (χ0v) is 11.5. The van der Waals surface area contributed by atoms with Crippen molar-refractivity contribution in [1.82, 2.24) is 15.3 Å². The van der Waals surface area contributed by atoms with Gasteiger partial charge in [-0.05, 0) is 28.1 Å². The first-order valence-electron chi connectivity index (χ1n) is 6.10. The molecule has 0 aromatic carbocycles. The Hall–Kier alpha value is -1.20. The van der Waals surface area contributed by atoms with E-state index in [4.69, 9.17) is 4.42 Å². The topological polar surface area (TPSA) is 51.0 Å². The highest BCUT2D eigenvalue weighted by atomic mass is 79.9. The van der Waals surface area contributed by atoms with E-state index in [1.54, 1.807) is 6.26 Å². The fourth-order valence-electron chi connectivity index (χ4n) is 2.15. The molecule has 0 amide bonds. The van der Waals surface area contributed by atoms with Crippen LogP contribution < -0.4 is 5.32 Å². The van der Waals surface area contributed by atoms with Gasteiger partial charge in [-0.15, -0.1) is 0 Å². The van der Waals surface area contributed by atoms with Crippen LogP contribution in [-0.4, -0.2) is 16.5 Å². The van der Waals surface area contributed by atoms with E-state index >= 15 is 0 Å². The number of hydrogen-bond acceptors (Lipinski definition) is 4. The molecule has 0 saturated carbocycles. The Labute approximate surface area is 114 Å². The molecule has 5 heteroatoms. The van der Waals surface area contributed by atoms with E-state index in [0.717, 1.165) is 48.5 Å². The van der Waals surface area contributed by atoms with Crippen LogP contribution in [0.15, 0.2) is 27.4 Å². The lowest BCUT2D eigenvalue weighted by molar-refractivity contribution is 0.505. The fourth-order valence-corrected chi connectivity index (χ4v) is 2.73. The molecule has 0 radical (unpaired) electrons. The summed E-state index contributed by atoms with van der Waals surface area (Å²) in [6.07, 6.45) is 4.33. The van der Waals surface area contributed by atoms with Crippen molar-refractivity contribution in [2.75, 3.05) is 6.54 Å². The molecule has 2 aromatic heterocycles. The Balaban J connectivity index is 1.78. The summed E-state index contributed by atoms with van der Waals surface area (Å²) >= 11 is 3.54. The van der Waals surface area contributed by atoms with Crippen LogP contribution in [0, 0.1) is 0 Å². The van der Waals surface area contributed by atoms with Crippen LogP contribution in [-0.2, 0) is 25.8 Å². The number of nitrogens with one attached hydrogen (secondary N) is 1. The van der Waals surface area contributed by atoms with Gasteiger partial charge >= 0.3 is 0 Å². The zero-order valence-electron chi connectivity index (χ0n) is 9.95. The minimum absolute atomic E-state index is 0.812. The highest BCUT2D eigenvalue weighted by Crippen LogP contribution is 2.20. The summed E-state index contributed by atoms with van der Waals surface area (Å²) in [5, 5.41) is 3.33. The molecule has 1 N–H and O–H groups in total. The Morgan fingerprint density at radius 3 is 3.11 bits per heavy atom. The Morgan fingerprint density at radius 2 is 2.28 bits per heavy atom. The largest absolute Gasteiger partial charge is 0.469 e. The van der Waals surface area contributed by atoms with E-state index < -0.39 is 0 Å². The summed E-state index contributed by atoms with van der Waals surface area (Å²) in [4.78, 5) is 9.16. The number of furan rings is 1. The molecule has 1 aliphatic rings. The number of nitrogens with zero attached hydrogens (tertiary/aromatic N) is 2. The van der Waals surface area contributed by atoms with Crippen molar-refractivity contribution in [1.29, 1.82) is 0 Å². The maximum absolute atomic E-state index is 5.32. The smallest absolute Gasteiger partial charge is 0.130 e. The monoisotopic (exact) mass is 307 g/mol. The number of rotatable bonds is 3. The third-order valence-corrected chi connectivity index (χ3v) is 3.76. The van der Waals surface area contributed by atoms with Crippen LogP contribution >= 0.6 is 15.9 Å². The first kappa shape index (κ1) is 11.9. The van der Waals surface area contributed by atoms with E-state index in [0.29, 0.717) is 0 Å². The van der Waals surface area contributed by atoms with Gasteiger partial charge in [-0.1, -0.05) is 0 Å². The molecule has 0 spiro atoms. The average Bonchev–Trinajstić information content (AvgIpc) is 2.90. The molecule has 0 saturated heterocycles. The predicted octanol–water partition coefficient (Wildman–Crippen LogP) is 2.26. The maximum Gasteiger partial charge on any atom is 0.130 e. The molecule has 1 aliphatic heterocycles. The quantitative estimate of drug-likeness (QED) is 0.884. The van der Waals surface area contributed by atoms with Gasteiger partial charge in [0.15, 0.2) is 0 Å². The second kappa shape index (κ2) is 5.20. The standard InChI is InChI=1S/C13H14BrN3O/c14-13-10-8-15-6-5-11(10)16-12(17-13)4-3-9-2-1-7-18-9/h1-2,7,15H,3-6,8H2. The average molecular weight is 308 g/mol. The number of hydrogen-bond donors (Lipinski definition) is 1. The van der Waals surface area contributed by atoms with E-state index in [9.17, 15) is 0 Å². The van der Waals surface area contributed by atoms with E-state index in [-0.39, 0.29) is 0 Å². The van der Waals surface area contributed by atoms with Gasteiger partial charge in [-0.2, -0.15) is 0 Å². The third kappa shape index (κ3) is 2.47. The van der Waals surface area contributed by atoms with Crippen LogP contribution in [0.4, 0.5) is 0 Å². The third-order valence-electron chi connectivity index (χ3n) is 3.10. The number of aromatic nitrogens is 2. The second-order valence-electron chi connectivity index (χ2n) is 4.36. The predicted molar refractivity (Wildman–Crippen MR) is 71.3 cm³/mol. The lowest BCUT2D eigenvalue weighted by Gasteiger charge is -2.17. The molecule has 2 aromatic rings. The summed E-state index contributed by atoms with van der Waals surface area (Å²) < 4.78 is 6.25. The van der Waals surface area contributed by atoms with E-state index in [2.05, 4.69) is 31.2 Å². The normalized spacial score (nSPS) is 14.5. The van der Waals surface area contributed by atoms with Crippen molar-refractivity contribution in [2.45, 2.75) is 25.8 Å². The Bertz CT molecular complexity index is 539. The Kier molecular flexibility index (Phi) is 3.43. The van der Waals surface area contributed by atoms with Crippen molar-refractivity contribution >= 4 is 15.9 Å². The first-order valence-corrected chi connectivity index (χ1v) is 6.89. The molecule has 0 unspecified atom stereocenters. The van der Waals surface area contributed by atoms with E-state index in [1.807, 2.05) is 12.1 Å². The lowest BCUT2D eigenvalue weighted by Crippen LogP contribution is -2.26. The van der Waals surface area contributed by atoms with Crippen LogP contribution in [0.25, 0.3) is 0 Å². The Morgan fingerprint density at radius 1 is 1.33 bits per heavy atom. The minimum atomic E-state index is 0.812. The first-order chi connectivity index (χ1) is 8.83. The fraction of sp³-hybridized carbons (Fsp3) is 0.385. The highest BCUT2D eigenvalue weighted by molar-refractivity contribution is 9.10. The van der Waals surface area contributed by atoms with Gasteiger partial charge in [0, 0.05) is 37.9 Å². The van der Waals surface area contributed by atoms with Gasteiger partial charge in [0.25, 0.3) is 0 Å². The summed E-state index contributed by atoms with van der Waals surface area (Å²) in [5.74, 6) is 1.87. The van der Waals surface area contributed by atoms with Gasteiger partial charge in [0.1, 0.15) is 16.2 Å². The molecule has 18 heavy (non-hydrogen) atoms. The zero-order chi connectivity index (χ0) is 12.4. The van der Waals surface area contributed by atoms with Gasteiger partial charge in [-0.25, -0.2) is 9.97 Å².